The average Bonchev–Trinajstić information content (AvgIpc) is 3.04. The molecular formula is C26H24ClN3O3. The van der Waals surface area contributed by atoms with Crippen molar-refractivity contribution >= 4 is 46.1 Å². The molecule has 0 atom stereocenters. The molecule has 0 unspecified atom stereocenters. The van der Waals surface area contributed by atoms with Crippen LogP contribution in [0.3, 0.4) is 0 Å². The van der Waals surface area contributed by atoms with Crippen LogP contribution in [0.15, 0.2) is 72.4 Å². The largest absolute Gasteiger partial charge is 0.495 e. The Hall–Kier alpha value is -3.77. The van der Waals surface area contributed by atoms with Crippen LogP contribution < -0.4 is 19.9 Å². The van der Waals surface area contributed by atoms with Crippen LogP contribution in [0.2, 0.25) is 5.02 Å². The molecule has 0 fully saturated rings. The molecule has 0 aromatic heterocycles. The predicted molar refractivity (Wildman–Crippen MR) is 133 cm³/mol. The first-order valence-electron chi connectivity index (χ1n) is 10.4. The average molecular weight is 462 g/mol. The fraction of sp³-hybridized carbons (Fsp3) is 0.154. The van der Waals surface area contributed by atoms with E-state index in [1.54, 1.807) is 37.4 Å². The molecule has 0 aliphatic carbocycles. The number of benzene rings is 3. The zero-order valence-corrected chi connectivity index (χ0v) is 19.6. The fourth-order valence-corrected chi connectivity index (χ4v) is 3.85. The van der Waals surface area contributed by atoms with Gasteiger partial charge in [-0.15, -0.1) is 0 Å². The summed E-state index contributed by atoms with van der Waals surface area (Å²) in [5, 5.41) is 3.72. The molecule has 2 amide bonds. The van der Waals surface area contributed by atoms with E-state index in [-0.39, 0.29) is 11.3 Å². The smallest absolute Gasteiger partial charge is 0.282 e. The molecule has 33 heavy (non-hydrogen) atoms. The SMILES string of the molecule is COc1ccc(C)cc1NC1=C(c2ccc(Cl)cc2)C(=O)N(c2cccc(N(C)C)c2)C1=O. The minimum atomic E-state index is -0.440. The Bertz CT molecular complexity index is 1270. The van der Waals surface area contributed by atoms with Crippen LogP contribution in [0.1, 0.15) is 11.1 Å². The molecule has 0 saturated heterocycles. The van der Waals surface area contributed by atoms with Gasteiger partial charge in [-0.05, 0) is 60.5 Å². The quantitative estimate of drug-likeness (QED) is 0.516. The Morgan fingerprint density at radius 1 is 0.939 bits per heavy atom. The molecule has 168 valence electrons. The molecule has 0 radical (unpaired) electrons. The van der Waals surface area contributed by atoms with Gasteiger partial charge in [0, 0.05) is 24.8 Å². The lowest BCUT2D eigenvalue weighted by molar-refractivity contribution is -0.120. The van der Waals surface area contributed by atoms with Gasteiger partial charge in [0.05, 0.1) is 24.1 Å². The molecule has 0 saturated carbocycles. The number of rotatable bonds is 6. The summed E-state index contributed by atoms with van der Waals surface area (Å²) in [5.41, 5.74) is 4.01. The minimum absolute atomic E-state index is 0.182. The fourth-order valence-electron chi connectivity index (χ4n) is 3.73. The first-order valence-corrected chi connectivity index (χ1v) is 10.8. The summed E-state index contributed by atoms with van der Waals surface area (Å²) in [6, 6.07) is 19.8. The standard InChI is InChI=1S/C26H24ClN3O3/c1-16-8-13-22(33-4)21(14-16)28-24-23(17-9-11-18(27)12-10-17)25(31)30(26(24)32)20-7-5-6-19(15-20)29(2)3/h5-15,28H,1-4H3. The number of carbonyl (C=O) groups is 2. The summed E-state index contributed by atoms with van der Waals surface area (Å²) < 4.78 is 5.47. The number of methoxy groups -OCH3 is 1. The van der Waals surface area contributed by atoms with Crippen LogP contribution in [0, 0.1) is 6.92 Å². The Labute approximate surface area is 198 Å². The van der Waals surface area contributed by atoms with Crippen LogP contribution >= 0.6 is 11.6 Å². The topological polar surface area (TPSA) is 61.9 Å². The molecule has 3 aromatic rings. The van der Waals surface area contributed by atoms with Crippen LogP contribution in [-0.2, 0) is 9.59 Å². The number of ether oxygens (including phenoxy) is 1. The van der Waals surface area contributed by atoms with Crippen molar-refractivity contribution in [2.45, 2.75) is 6.92 Å². The van der Waals surface area contributed by atoms with Crippen LogP contribution in [0.4, 0.5) is 17.1 Å². The highest BCUT2D eigenvalue weighted by Gasteiger charge is 2.40. The number of amides is 2. The molecule has 0 bridgehead atoms. The molecule has 6 nitrogen and oxygen atoms in total. The van der Waals surface area contributed by atoms with Crippen molar-refractivity contribution in [1.82, 2.24) is 0 Å². The van der Waals surface area contributed by atoms with Crippen molar-refractivity contribution in [3.05, 3.63) is 88.6 Å². The number of imide groups is 1. The van der Waals surface area contributed by atoms with E-state index in [0.29, 0.717) is 27.7 Å². The highest BCUT2D eigenvalue weighted by molar-refractivity contribution is 6.46. The monoisotopic (exact) mass is 461 g/mol. The molecule has 0 spiro atoms. The highest BCUT2D eigenvalue weighted by atomic mass is 35.5. The zero-order chi connectivity index (χ0) is 23.7. The van der Waals surface area contributed by atoms with E-state index in [4.69, 9.17) is 16.3 Å². The predicted octanol–water partition coefficient (Wildman–Crippen LogP) is 5.12. The number of nitrogens with zero attached hydrogens (tertiary/aromatic N) is 2. The number of anilines is 3. The second-order valence-corrected chi connectivity index (χ2v) is 8.38. The molecule has 7 heteroatoms. The molecule has 3 aromatic carbocycles. The Morgan fingerprint density at radius 3 is 2.33 bits per heavy atom. The van der Waals surface area contributed by atoms with E-state index in [1.165, 1.54) is 4.90 Å². The highest BCUT2D eigenvalue weighted by Crippen LogP contribution is 2.37. The van der Waals surface area contributed by atoms with Crippen molar-refractivity contribution in [2.24, 2.45) is 0 Å². The zero-order valence-electron chi connectivity index (χ0n) is 18.8. The number of carbonyl (C=O) groups excluding carboxylic acids is 2. The van der Waals surface area contributed by atoms with E-state index in [9.17, 15) is 9.59 Å². The minimum Gasteiger partial charge on any atom is -0.495 e. The molecular weight excluding hydrogens is 438 g/mol. The van der Waals surface area contributed by atoms with E-state index in [1.807, 2.05) is 62.3 Å². The van der Waals surface area contributed by atoms with Gasteiger partial charge >= 0.3 is 0 Å². The first kappa shape index (κ1) is 22.4. The lowest BCUT2D eigenvalue weighted by Gasteiger charge is -2.19. The molecule has 1 aliphatic heterocycles. The molecule has 1 aliphatic rings. The van der Waals surface area contributed by atoms with Gasteiger partial charge in [-0.3, -0.25) is 9.59 Å². The summed E-state index contributed by atoms with van der Waals surface area (Å²) in [4.78, 5) is 30.4. The van der Waals surface area contributed by atoms with Crippen LogP contribution in [-0.4, -0.2) is 33.0 Å². The maximum Gasteiger partial charge on any atom is 0.282 e. The van der Waals surface area contributed by atoms with Gasteiger partial charge in [-0.2, -0.15) is 0 Å². The van der Waals surface area contributed by atoms with E-state index in [0.717, 1.165) is 11.3 Å². The molecule has 1 N–H and O–H groups in total. The summed E-state index contributed by atoms with van der Waals surface area (Å²) >= 11 is 6.06. The van der Waals surface area contributed by atoms with Gasteiger partial charge in [-0.1, -0.05) is 35.9 Å². The molecule has 4 rings (SSSR count). The Morgan fingerprint density at radius 2 is 1.67 bits per heavy atom. The first-order chi connectivity index (χ1) is 15.8. The summed E-state index contributed by atoms with van der Waals surface area (Å²) in [6.45, 7) is 1.94. The van der Waals surface area contributed by atoms with Gasteiger partial charge in [0.1, 0.15) is 11.4 Å². The van der Waals surface area contributed by atoms with Gasteiger partial charge < -0.3 is 15.0 Å². The number of nitrogens with one attached hydrogen (secondary N) is 1. The number of aryl methyl sites for hydroxylation is 1. The van der Waals surface area contributed by atoms with Crippen molar-refractivity contribution in [2.75, 3.05) is 36.3 Å². The van der Waals surface area contributed by atoms with Crippen LogP contribution in [0.25, 0.3) is 5.57 Å². The van der Waals surface area contributed by atoms with E-state index in [2.05, 4.69) is 5.32 Å². The maximum absolute atomic E-state index is 13.6. The normalized spacial score (nSPS) is 13.5. The van der Waals surface area contributed by atoms with Crippen molar-refractivity contribution in [1.29, 1.82) is 0 Å². The summed E-state index contributed by atoms with van der Waals surface area (Å²) in [6.07, 6.45) is 0. The number of halogens is 1. The third-order valence-corrected chi connectivity index (χ3v) is 5.69. The third kappa shape index (κ3) is 4.30. The van der Waals surface area contributed by atoms with Crippen LogP contribution in [0.5, 0.6) is 5.75 Å². The van der Waals surface area contributed by atoms with Crippen molar-refractivity contribution < 1.29 is 14.3 Å². The van der Waals surface area contributed by atoms with E-state index >= 15 is 0 Å². The molecule has 1 heterocycles. The lowest BCUT2D eigenvalue weighted by atomic mass is 10.0. The van der Waals surface area contributed by atoms with Crippen molar-refractivity contribution in [3.63, 3.8) is 0 Å². The Balaban J connectivity index is 1.85. The number of hydrogen-bond acceptors (Lipinski definition) is 5. The summed E-state index contributed by atoms with van der Waals surface area (Å²) in [7, 11) is 5.37. The van der Waals surface area contributed by atoms with Gasteiger partial charge in [0.25, 0.3) is 11.8 Å². The lowest BCUT2D eigenvalue weighted by Crippen LogP contribution is -2.32. The van der Waals surface area contributed by atoms with Crippen molar-refractivity contribution in [3.8, 4) is 5.75 Å². The summed E-state index contributed by atoms with van der Waals surface area (Å²) in [5.74, 6) is -0.284. The maximum atomic E-state index is 13.6. The third-order valence-electron chi connectivity index (χ3n) is 5.44. The second kappa shape index (κ2) is 9.00. The Kier molecular flexibility index (Phi) is 6.11. The van der Waals surface area contributed by atoms with E-state index < -0.39 is 11.8 Å². The van der Waals surface area contributed by atoms with Gasteiger partial charge in [0.2, 0.25) is 0 Å². The van der Waals surface area contributed by atoms with Gasteiger partial charge in [-0.25, -0.2) is 4.90 Å². The second-order valence-electron chi connectivity index (χ2n) is 7.95. The number of hydrogen-bond donors (Lipinski definition) is 1. The van der Waals surface area contributed by atoms with Gasteiger partial charge in [0.15, 0.2) is 0 Å².